The van der Waals surface area contributed by atoms with E-state index in [0.717, 1.165) is 10.2 Å². The van der Waals surface area contributed by atoms with Crippen LogP contribution in [0.1, 0.15) is 6.42 Å². The van der Waals surface area contributed by atoms with E-state index in [0.29, 0.717) is 19.6 Å². The highest BCUT2D eigenvalue weighted by molar-refractivity contribution is 9.10. The molecule has 2 N–H and O–H groups in total. The van der Waals surface area contributed by atoms with Crippen LogP contribution in [0.3, 0.4) is 0 Å². The van der Waals surface area contributed by atoms with Crippen molar-refractivity contribution in [2.24, 2.45) is 11.8 Å². The molecule has 1 aromatic rings. The van der Waals surface area contributed by atoms with Crippen LogP contribution in [-0.4, -0.2) is 32.1 Å². The van der Waals surface area contributed by atoms with Crippen molar-refractivity contribution in [2.45, 2.75) is 6.42 Å². The fourth-order valence-electron chi connectivity index (χ4n) is 1.95. The highest BCUT2D eigenvalue weighted by Gasteiger charge is 2.47. The molecule has 1 aliphatic carbocycles. The third-order valence-electron chi connectivity index (χ3n) is 3.18. The third-order valence-corrected chi connectivity index (χ3v) is 3.71. The van der Waals surface area contributed by atoms with Gasteiger partial charge in [0.25, 0.3) is 0 Å². The molecule has 0 aliphatic heterocycles. The molecule has 1 saturated carbocycles. The number of nitrogens with one attached hydrogen (secondary N) is 2. The smallest absolute Gasteiger partial charge is 0.228 e. The SMILES string of the molecule is COCCNC(=O)C1CC1C(=O)Nc1ccc(Br)cc1. The lowest BCUT2D eigenvalue weighted by atomic mass is 10.2. The summed E-state index contributed by atoms with van der Waals surface area (Å²) < 4.78 is 5.81. The molecule has 0 saturated heterocycles. The lowest BCUT2D eigenvalue weighted by molar-refractivity contribution is -0.125. The summed E-state index contributed by atoms with van der Waals surface area (Å²) in [6.07, 6.45) is 0.612. The first-order valence-electron chi connectivity index (χ1n) is 6.45. The van der Waals surface area contributed by atoms with E-state index in [2.05, 4.69) is 26.6 Å². The molecule has 20 heavy (non-hydrogen) atoms. The van der Waals surface area contributed by atoms with E-state index in [1.54, 1.807) is 7.11 Å². The van der Waals surface area contributed by atoms with E-state index >= 15 is 0 Å². The number of amides is 2. The van der Waals surface area contributed by atoms with Crippen molar-refractivity contribution < 1.29 is 14.3 Å². The number of hydrogen-bond acceptors (Lipinski definition) is 3. The van der Waals surface area contributed by atoms with E-state index in [4.69, 9.17) is 4.74 Å². The molecule has 0 spiro atoms. The molecule has 2 unspecified atom stereocenters. The Bertz CT molecular complexity index is 490. The highest BCUT2D eigenvalue weighted by Crippen LogP contribution is 2.39. The van der Waals surface area contributed by atoms with Crippen LogP contribution in [0.2, 0.25) is 0 Å². The predicted molar refractivity (Wildman–Crippen MR) is 79.3 cm³/mol. The largest absolute Gasteiger partial charge is 0.383 e. The van der Waals surface area contributed by atoms with E-state index in [-0.39, 0.29) is 23.7 Å². The van der Waals surface area contributed by atoms with Gasteiger partial charge in [0.1, 0.15) is 0 Å². The van der Waals surface area contributed by atoms with Crippen LogP contribution in [0, 0.1) is 11.8 Å². The average Bonchev–Trinajstić information content (AvgIpc) is 3.22. The lowest BCUT2D eigenvalue weighted by Crippen LogP contribution is -2.30. The molecule has 6 heteroatoms. The minimum Gasteiger partial charge on any atom is -0.383 e. The van der Waals surface area contributed by atoms with Gasteiger partial charge in [-0.05, 0) is 30.7 Å². The second-order valence-corrected chi connectivity index (χ2v) is 5.64. The highest BCUT2D eigenvalue weighted by atomic mass is 79.9. The number of carbonyl (C=O) groups is 2. The topological polar surface area (TPSA) is 67.4 Å². The Kier molecular flexibility index (Phi) is 5.14. The molecule has 1 fully saturated rings. The van der Waals surface area contributed by atoms with Gasteiger partial charge >= 0.3 is 0 Å². The Labute approximate surface area is 126 Å². The van der Waals surface area contributed by atoms with Crippen LogP contribution >= 0.6 is 15.9 Å². The first-order valence-corrected chi connectivity index (χ1v) is 7.24. The van der Waals surface area contributed by atoms with Crippen LogP contribution in [-0.2, 0) is 14.3 Å². The number of ether oxygens (including phenoxy) is 1. The van der Waals surface area contributed by atoms with Crippen molar-refractivity contribution in [3.8, 4) is 0 Å². The van der Waals surface area contributed by atoms with Gasteiger partial charge in [-0.3, -0.25) is 9.59 Å². The molecule has 108 valence electrons. The van der Waals surface area contributed by atoms with Crippen molar-refractivity contribution in [1.82, 2.24) is 5.32 Å². The molecule has 1 aliphatic rings. The third kappa shape index (κ3) is 4.05. The van der Waals surface area contributed by atoms with E-state index < -0.39 is 0 Å². The van der Waals surface area contributed by atoms with Crippen LogP contribution < -0.4 is 10.6 Å². The van der Waals surface area contributed by atoms with Gasteiger partial charge in [0.05, 0.1) is 18.4 Å². The van der Waals surface area contributed by atoms with Crippen LogP contribution in [0.15, 0.2) is 28.7 Å². The summed E-state index contributed by atoms with van der Waals surface area (Å²) in [7, 11) is 1.58. The van der Waals surface area contributed by atoms with Gasteiger partial charge < -0.3 is 15.4 Å². The number of methoxy groups -OCH3 is 1. The molecule has 2 rings (SSSR count). The summed E-state index contributed by atoms with van der Waals surface area (Å²) in [5, 5.41) is 5.57. The van der Waals surface area contributed by atoms with Crippen LogP contribution in [0.4, 0.5) is 5.69 Å². The zero-order chi connectivity index (χ0) is 14.5. The second-order valence-electron chi connectivity index (χ2n) is 4.73. The van der Waals surface area contributed by atoms with Gasteiger partial charge in [-0.1, -0.05) is 15.9 Å². The lowest BCUT2D eigenvalue weighted by Gasteiger charge is -2.06. The molecule has 0 heterocycles. The van der Waals surface area contributed by atoms with Gasteiger partial charge in [0.2, 0.25) is 11.8 Å². The molecule has 0 aromatic heterocycles. The Hall–Kier alpha value is -1.40. The molecular weight excluding hydrogens is 324 g/mol. The Morgan fingerprint density at radius 2 is 1.90 bits per heavy atom. The molecule has 5 nitrogen and oxygen atoms in total. The number of carbonyl (C=O) groups excluding carboxylic acids is 2. The van der Waals surface area contributed by atoms with Crippen molar-refractivity contribution >= 4 is 33.4 Å². The fraction of sp³-hybridized carbons (Fsp3) is 0.429. The maximum atomic E-state index is 12.0. The van der Waals surface area contributed by atoms with Gasteiger partial charge in [-0.25, -0.2) is 0 Å². The first kappa shape index (κ1) is 15.0. The van der Waals surface area contributed by atoms with Crippen molar-refractivity contribution in [2.75, 3.05) is 25.6 Å². The second kappa shape index (κ2) is 6.85. The zero-order valence-corrected chi connectivity index (χ0v) is 12.8. The molecule has 2 amide bonds. The Morgan fingerprint density at radius 1 is 1.25 bits per heavy atom. The maximum absolute atomic E-state index is 12.0. The summed E-state index contributed by atoms with van der Waals surface area (Å²) in [4.78, 5) is 23.7. The Balaban J connectivity index is 1.78. The molecule has 2 atom stereocenters. The molecule has 0 bridgehead atoms. The molecular formula is C14H17BrN2O3. The Morgan fingerprint density at radius 3 is 2.55 bits per heavy atom. The van der Waals surface area contributed by atoms with Crippen LogP contribution in [0.25, 0.3) is 0 Å². The van der Waals surface area contributed by atoms with E-state index in [1.807, 2.05) is 24.3 Å². The summed E-state index contributed by atoms with van der Waals surface area (Å²) in [6, 6.07) is 7.35. The standard InChI is InChI=1S/C14H17BrN2O3/c1-20-7-6-16-13(18)11-8-12(11)14(19)17-10-4-2-9(15)3-5-10/h2-5,11-12H,6-8H2,1H3,(H,16,18)(H,17,19). The maximum Gasteiger partial charge on any atom is 0.228 e. The number of benzene rings is 1. The fourth-order valence-corrected chi connectivity index (χ4v) is 2.21. The van der Waals surface area contributed by atoms with Gasteiger partial charge in [0, 0.05) is 23.8 Å². The molecule has 0 radical (unpaired) electrons. The minimum atomic E-state index is -0.221. The predicted octanol–water partition coefficient (Wildman–Crippen LogP) is 1.79. The summed E-state index contributed by atoms with van der Waals surface area (Å²) in [6.45, 7) is 0.959. The van der Waals surface area contributed by atoms with Crippen molar-refractivity contribution in [3.63, 3.8) is 0 Å². The quantitative estimate of drug-likeness (QED) is 0.776. The monoisotopic (exact) mass is 340 g/mol. The first-order chi connectivity index (χ1) is 9.61. The van der Waals surface area contributed by atoms with Crippen LogP contribution in [0.5, 0.6) is 0 Å². The van der Waals surface area contributed by atoms with E-state index in [9.17, 15) is 9.59 Å². The summed E-state index contributed by atoms with van der Waals surface area (Å²) in [5.41, 5.74) is 0.739. The van der Waals surface area contributed by atoms with E-state index in [1.165, 1.54) is 0 Å². The minimum absolute atomic E-state index is 0.0713. The number of rotatable bonds is 6. The molecule has 1 aromatic carbocycles. The number of hydrogen-bond donors (Lipinski definition) is 2. The van der Waals surface area contributed by atoms with Crippen molar-refractivity contribution in [1.29, 1.82) is 0 Å². The summed E-state index contributed by atoms with van der Waals surface area (Å²) >= 11 is 3.34. The zero-order valence-electron chi connectivity index (χ0n) is 11.2. The van der Waals surface area contributed by atoms with Gasteiger partial charge in [0.15, 0.2) is 0 Å². The van der Waals surface area contributed by atoms with Gasteiger partial charge in [-0.2, -0.15) is 0 Å². The number of halogens is 1. The normalized spacial score (nSPS) is 20.3. The van der Waals surface area contributed by atoms with Crippen molar-refractivity contribution in [3.05, 3.63) is 28.7 Å². The van der Waals surface area contributed by atoms with Gasteiger partial charge in [-0.15, -0.1) is 0 Å². The summed E-state index contributed by atoms with van der Waals surface area (Å²) in [5.74, 6) is -0.597. The average molecular weight is 341 g/mol. The number of anilines is 1.